The second-order valence-electron chi connectivity index (χ2n) is 9.87. The van der Waals surface area contributed by atoms with E-state index in [1.165, 1.54) is 11.0 Å². The van der Waals surface area contributed by atoms with E-state index < -0.39 is 17.8 Å². The number of phenolic OH excluding ortho intramolecular Hbond substituents is 1. The lowest BCUT2D eigenvalue weighted by Gasteiger charge is -2.42. The van der Waals surface area contributed by atoms with Crippen molar-refractivity contribution < 1.29 is 24.3 Å². The lowest BCUT2D eigenvalue weighted by atomic mass is 9.59. The van der Waals surface area contributed by atoms with Crippen molar-refractivity contribution >= 4 is 34.2 Å². The summed E-state index contributed by atoms with van der Waals surface area (Å²) in [7, 11) is 0. The van der Waals surface area contributed by atoms with E-state index >= 15 is 0 Å². The Morgan fingerprint density at radius 2 is 1.71 bits per heavy atom. The number of carbonyl (C=O) groups excluding carboxylic acids is 4. The Hall–Kier alpha value is -3.80. The van der Waals surface area contributed by atoms with Crippen molar-refractivity contribution in [3.05, 3.63) is 76.4 Å². The van der Waals surface area contributed by atoms with Crippen LogP contribution in [-0.2, 0) is 19.2 Å². The molecule has 6 nitrogen and oxygen atoms in total. The number of phenols is 1. The summed E-state index contributed by atoms with van der Waals surface area (Å²) < 4.78 is 0. The third kappa shape index (κ3) is 2.89. The van der Waals surface area contributed by atoms with E-state index in [0.29, 0.717) is 35.1 Å². The highest BCUT2D eigenvalue weighted by atomic mass is 16.3. The molecule has 176 valence electrons. The Bertz CT molecular complexity index is 1460. The maximum Gasteiger partial charge on any atom is 0.233 e. The number of imide groups is 1. The monoisotopic (exact) mass is 467 g/mol. The number of likely N-dealkylation sites (tertiary alicyclic amines) is 1. The normalized spacial score (nSPS) is 28.1. The number of ketones is 2. The standard InChI is InChI=1S/C29H25NO5/c1-3-30-28(34)19-9-8-18-20(25(19)29(30)35)13-21-23(32)12-14(2)27(33)26(21)24(18)17-10-11-22(31)16-7-5-4-6-15(16)17/h4-8,10-12,19-20,24-25,31H,3,9,13H2,1-2H3/t19-,20+,24-,25-/m0/s1. The highest BCUT2D eigenvalue weighted by molar-refractivity contribution is 6.24. The predicted molar refractivity (Wildman–Crippen MR) is 129 cm³/mol. The zero-order valence-corrected chi connectivity index (χ0v) is 19.6. The van der Waals surface area contributed by atoms with Gasteiger partial charge in [0.05, 0.1) is 11.8 Å². The molecule has 2 aromatic carbocycles. The molecule has 2 aromatic rings. The molecule has 1 heterocycles. The molecule has 0 aromatic heterocycles. The SMILES string of the molecule is CCN1C(=O)[C@H]2[C@H](CC=C3[C@H](c4ccc(O)c5ccccc45)C4=C(C[C@H]32)C(=O)C=C(C)C4=O)C1=O. The molecule has 2 amide bonds. The molecule has 1 saturated heterocycles. The fraction of sp³-hybridized carbons (Fsp3) is 0.310. The maximum absolute atomic E-state index is 13.5. The molecule has 1 fully saturated rings. The summed E-state index contributed by atoms with van der Waals surface area (Å²) in [5.74, 6) is -2.36. The van der Waals surface area contributed by atoms with E-state index in [9.17, 15) is 24.3 Å². The van der Waals surface area contributed by atoms with E-state index in [-0.39, 0.29) is 41.5 Å². The Balaban J connectivity index is 1.61. The molecule has 0 radical (unpaired) electrons. The van der Waals surface area contributed by atoms with Gasteiger partial charge >= 0.3 is 0 Å². The van der Waals surface area contributed by atoms with Crippen molar-refractivity contribution in [3.63, 3.8) is 0 Å². The second kappa shape index (κ2) is 7.60. The van der Waals surface area contributed by atoms with Crippen LogP contribution in [-0.4, -0.2) is 39.9 Å². The minimum Gasteiger partial charge on any atom is -0.507 e. The summed E-state index contributed by atoms with van der Waals surface area (Å²) in [5.41, 5.74) is 3.06. The number of hydrogen-bond acceptors (Lipinski definition) is 5. The Kier molecular flexibility index (Phi) is 4.72. The van der Waals surface area contributed by atoms with Gasteiger partial charge < -0.3 is 5.11 Å². The van der Waals surface area contributed by atoms with Gasteiger partial charge in [0.25, 0.3) is 0 Å². The third-order valence-corrected chi connectivity index (χ3v) is 8.22. The summed E-state index contributed by atoms with van der Waals surface area (Å²) in [6.45, 7) is 3.78. The predicted octanol–water partition coefficient (Wildman–Crippen LogP) is 3.99. The van der Waals surface area contributed by atoms with Crippen LogP contribution in [0, 0.1) is 17.8 Å². The molecule has 4 aliphatic rings. The first-order valence-electron chi connectivity index (χ1n) is 12.1. The first-order chi connectivity index (χ1) is 16.8. The van der Waals surface area contributed by atoms with Crippen LogP contribution in [0.15, 0.2) is 70.8 Å². The number of rotatable bonds is 2. The number of hydrogen-bond donors (Lipinski definition) is 1. The van der Waals surface area contributed by atoms with Gasteiger partial charge in [0, 0.05) is 34.6 Å². The first-order valence-corrected chi connectivity index (χ1v) is 12.1. The van der Waals surface area contributed by atoms with Gasteiger partial charge in [-0.25, -0.2) is 0 Å². The van der Waals surface area contributed by atoms with Crippen LogP contribution in [0.4, 0.5) is 0 Å². The van der Waals surface area contributed by atoms with E-state index in [0.717, 1.165) is 16.5 Å². The molecule has 0 saturated carbocycles. The van der Waals surface area contributed by atoms with E-state index in [1.807, 2.05) is 36.4 Å². The molecule has 6 heteroatoms. The molecule has 6 rings (SSSR count). The fourth-order valence-electron chi connectivity index (χ4n) is 6.65. The topological polar surface area (TPSA) is 91.8 Å². The number of fused-ring (bicyclic) bond motifs is 4. The molecular formula is C29H25NO5. The average molecular weight is 468 g/mol. The molecule has 35 heavy (non-hydrogen) atoms. The van der Waals surface area contributed by atoms with Crippen LogP contribution in [0.3, 0.4) is 0 Å². The van der Waals surface area contributed by atoms with Crippen LogP contribution in [0.2, 0.25) is 0 Å². The highest BCUT2D eigenvalue weighted by Gasteiger charge is 2.56. The minimum atomic E-state index is -0.530. The third-order valence-electron chi connectivity index (χ3n) is 8.22. The lowest BCUT2D eigenvalue weighted by molar-refractivity contribution is -0.139. The van der Waals surface area contributed by atoms with Gasteiger partial charge in [-0.3, -0.25) is 24.1 Å². The molecule has 1 N–H and O–H groups in total. The van der Waals surface area contributed by atoms with Crippen molar-refractivity contribution in [1.82, 2.24) is 4.90 Å². The Labute approximate surface area is 202 Å². The van der Waals surface area contributed by atoms with Crippen molar-refractivity contribution in [2.75, 3.05) is 6.54 Å². The van der Waals surface area contributed by atoms with Crippen molar-refractivity contribution in [1.29, 1.82) is 0 Å². The molecule has 0 unspecified atom stereocenters. The molecule has 3 aliphatic carbocycles. The largest absolute Gasteiger partial charge is 0.507 e. The highest BCUT2D eigenvalue weighted by Crippen LogP contribution is 2.56. The molecule has 0 bridgehead atoms. The summed E-state index contributed by atoms with van der Waals surface area (Å²) >= 11 is 0. The molecular weight excluding hydrogens is 442 g/mol. The lowest BCUT2D eigenvalue weighted by Crippen LogP contribution is -2.39. The fourth-order valence-corrected chi connectivity index (χ4v) is 6.65. The van der Waals surface area contributed by atoms with Crippen molar-refractivity contribution in [2.45, 2.75) is 32.6 Å². The summed E-state index contributed by atoms with van der Waals surface area (Å²) in [6, 6.07) is 10.9. The maximum atomic E-state index is 13.5. The van der Waals surface area contributed by atoms with Crippen LogP contribution >= 0.6 is 0 Å². The number of aromatic hydroxyl groups is 1. The number of amides is 2. The number of benzene rings is 2. The number of allylic oxidation sites excluding steroid dienone is 6. The van der Waals surface area contributed by atoms with Gasteiger partial charge in [0.15, 0.2) is 11.6 Å². The zero-order chi connectivity index (χ0) is 24.6. The average Bonchev–Trinajstić information content (AvgIpc) is 3.11. The summed E-state index contributed by atoms with van der Waals surface area (Å²) in [5, 5.41) is 12.0. The van der Waals surface area contributed by atoms with Gasteiger partial charge in [-0.2, -0.15) is 0 Å². The van der Waals surface area contributed by atoms with Gasteiger partial charge in [0.2, 0.25) is 11.8 Å². The van der Waals surface area contributed by atoms with Crippen LogP contribution < -0.4 is 0 Å². The van der Waals surface area contributed by atoms with Gasteiger partial charge in [0.1, 0.15) is 5.75 Å². The van der Waals surface area contributed by atoms with Crippen molar-refractivity contribution in [2.24, 2.45) is 17.8 Å². The molecule has 0 spiro atoms. The second-order valence-corrected chi connectivity index (χ2v) is 9.87. The molecule has 1 aliphatic heterocycles. The number of carbonyl (C=O) groups is 4. The minimum absolute atomic E-state index is 0.140. The Morgan fingerprint density at radius 3 is 2.46 bits per heavy atom. The van der Waals surface area contributed by atoms with Crippen LogP contribution in [0.5, 0.6) is 5.75 Å². The quantitative estimate of drug-likeness (QED) is 0.410. The Morgan fingerprint density at radius 1 is 0.971 bits per heavy atom. The van der Waals surface area contributed by atoms with E-state index in [2.05, 4.69) is 0 Å². The summed E-state index contributed by atoms with van der Waals surface area (Å²) in [6.07, 6.45) is 4.13. The zero-order valence-electron chi connectivity index (χ0n) is 19.6. The smallest absolute Gasteiger partial charge is 0.233 e. The summed E-state index contributed by atoms with van der Waals surface area (Å²) in [4.78, 5) is 54.4. The van der Waals surface area contributed by atoms with Gasteiger partial charge in [-0.05, 0) is 55.7 Å². The number of Topliss-reactive ketones (excluding diaryl/α,β-unsaturated/α-hetero) is 1. The van der Waals surface area contributed by atoms with E-state index in [1.54, 1.807) is 19.9 Å². The molecule has 4 atom stereocenters. The van der Waals surface area contributed by atoms with Gasteiger partial charge in [-0.1, -0.05) is 42.0 Å². The van der Waals surface area contributed by atoms with Crippen molar-refractivity contribution in [3.8, 4) is 5.75 Å². The first kappa shape index (κ1) is 21.7. The van der Waals surface area contributed by atoms with Gasteiger partial charge in [-0.15, -0.1) is 0 Å². The van der Waals surface area contributed by atoms with E-state index in [4.69, 9.17) is 0 Å². The van der Waals surface area contributed by atoms with Crippen LogP contribution in [0.25, 0.3) is 10.8 Å². The van der Waals surface area contributed by atoms with Crippen LogP contribution in [0.1, 0.15) is 38.2 Å². The number of nitrogens with zero attached hydrogens (tertiary/aromatic N) is 1.